The van der Waals surface area contributed by atoms with Gasteiger partial charge in [-0.15, -0.1) is 0 Å². The van der Waals surface area contributed by atoms with E-state index >= 15 is 0 Å². The van der Waals surface area contributed by atoms with Gasteiger partial charge in [-0.05, 0) is 49.4 Å². The topological polar surface area (TPSA) is 70.7 Å². The predicted molar refractivity (Wildman–Crippen MR) is 107 cm³/mol. The standard InChI is InChI=1S/C20H22ClN3O3/c1-2-27-18-8-6-17(7-9-18)24-13-14(10-19(24)25)12-22-20(26)23-16-5-3-4-15(21)11-16/h3-9,11,14H,2,10,12-13H2,1H3,(H2,22,23,26)/t14-/m0/s1. The van der Waals surface area contributed by atoms with Gasteiger partial charge in [0.15, 0.2) is 0 Å². The van der Waals surface area contributed by atoms with Crippen LogP contribution < -0.4 is 20.3 Å². The summed E-state index contributed by atoms with van der Waals surface area (Å²) in [7, 11) is 0. The Labute approximate surface area is 163 Å². The fourth-order valence-corrected chi connectivity index (χ4v) is 3.23. The third-order valence-corrected chi connectivity index (χ3v) is 4.53. The second-order valence-corrected chi connectivity index (χ2v) is 6.78. The highest BCUT2D eigenvalue weighted by molar-refractivity contribution is 6.30. The SMILES string of the molecule is CCOc1ccc(N2C[C@H](CNC(=O)Nc3cccc(Cl)c3)CC2=O)cc1. The first kappa shape index (κ1) is 19.0. The molecule has 3 rings (SSSR count). The second kappa shape index (κ2) is 8.77. The molecule has 0 saturated carbocycles. The van der Waals surface area contributed by atoms with Crippen LogP contribution in [0.2, 0.25) is 5.02 Å². The van der Waals surface area contributed by atoms with E-state index in [2.05, 4.69) is 10.6 Å². The average molecular weight is 388 g/mol. The summed E-state index contributed by atoms with van der Waals surface area (Å²) in [6.45, 7) is 3.53. The summed E-state index contributed by atoms with van der Waals surface area (Å²) in [6.07, 6.45) is 0.407. The molecule has 0 spiro atoms. The van der Waals surface area contributed by atoms with E-state index in [0.717, 1.165) is 11.4 Å². The summed E-state index contributed by atoms with van der Waals surface area (Å²) in [4.78, 5) is 26.1. The number of carbonyl (C=O) groups excluding carboxylic acids is 2. The Bertz CT molecular complexity index is 810. The Balaban J connectivity index is 1.50. The van der Waals surface area contributed by atoms with Gasteiger partial charge in [-0.2, -0.15) is 0 Å². The van der Waals surface area contributed by atoms with Crippen molar-refractivity contribution in [3.63, 3.8) is 0 Å². The molecule has 142 valence electrons. The molecule has 1 aliphatic heterocycles. The number of halogens is 1. The Kier molecular flexibility index (Phi) is 6.19. The van der Waals surface area contributed by atoms with E-state index < -0.39 is 0 Å². The molecule has 1 atom stereocenters. The molecular weight excluding hydrogens is 366 g/mol. The number of anilines is 2. The molecule has 1 saturated heterocycles. The summed E-state index contributed by atoms with van der Waals surface area (Å²) < 4.78 is 5.43. The van der Waals surface area contributed by atoms with Crippen molar-refractivity contribution >= 4 is 34.9 Å². The molecule has 1 fully saturated rings. The molecule has 1 heterocycles. The number of rotatable bonds is 6. The van der Waals surface area contributed by atoms with Crippen LogP contribution in [0.3, 0.4) is 0 Å². The van der Waals surface area contributed by atoms with Gasteiger partial charge in [-0.3, -0.25) is 4.79 Å². The molecule has 2 aromatic carbocycles. The third kappa shape index (κ3) is 5.14. The Morgan fingerprint density at radius 2 is 2.04 bits per heavy atom. The van der Waals surface area contributed by atoms with Crippen LogP contribution in [0.4, 0.5) is 16.2 Å². The molecule has 6 nitrogen and oxygen atoms in total. The number of carbonyl (C=O) groups is 2. The predicted octanol–water partition coefficient (Wildman–Crippen LogP) is 3.91. The van der Waals surface area contributed by atoms with Crippen molar-refractivity contribution in [3.05, 3.63) is 53.6 Å². The van der Waals surface area contributed by atoms with Crippen LogP contribution in [-0.4, -0.2) is 31.6 Å². The number of amides is 3. The highest BCUT2D eigenvalue weighted by Gasteiger charge is 2.30. The third-order valence-electron chi connectivity index (χ3n) is 4.30. The van der Waals surface area contributed by atoms with Gasteiger partial charge in [0.1, 0.15) is 5.75 Å². The lowest BCUT2D eigenvalue weighted by Gasteiger charge is -2.17. The van der Waals surface area contributed by atoms with Gasteiger partial charge in [0.2, 0.25) is 5.91 Å². The number of nitrogens with one attached hydrogen (secondary N) is 2. The second-order valence-electron chi connectivity index (χ2n) is 6.35. The monoisotopic (exact) mass is 387 g/mol. The van der Waals surface area contributed by atoms with Gasteiger partial charge in [-0.1, -0.05) is 17.7 Å². The summed E-state index contributed by atoms with van der Waals surface area (Å²) in [5.74, 6) is 0.902. The maximum Gasteiger partial charge on any atom is 0.319 e. The van der Waals surface area contributed by atoms with Crippen LogP contribution in [0.1, 0.15) is 13.3 Å². The lowest BCUT2D eigenvalue weighted by atomic mass is 10.1. The summed E-state index contributed by atoms with van der Waals surface area (Å²) >= 11 is 5.90. The minimum absolute atomic E-state index is 0.0567. The molecule has 1 aliphatic rings. The fourth-order valence-electron chi connectivity index (χ4n) is 3.04. The minimum atomic E-state index is -0.316. The number of hydrogen-bond donors (Lipinski definition) is 2. The van der Waals surface area contributed by atoms with E-state index in [4.69, 9.17) is 16.3 Å². The van der Waals surface area contributed by atoms with Crippen LogP contribution in [0.5, 0.6) is 5.75 Å². The zero-order chi connectivity index (χ0) is 19.2. The van der Waals surface area contributed by atoms with Gasteiger partial charge >= 0.3 is 6.03 Å². The number of hydrogen-bond acceptors (Lipinski definition) is 3. The van der Waals surface area contributed by atoms with Crippen molar-refractivity contribution in [2.45, 2.75) is 13.3 Å². The molecule has 0 aliphatic carbocycles. The maximum absolute atomic E-state index is 12.3. The van der Waals surface area contributed by atoms with E-state index in [1.165, 1.54) is 0 Å². The minimum Gasteiger partial charge on any atom is -0.494 e. The van der Waals surface area contributed by atoms with Crippen LogP contribution >= 0.6 is 11.6 Å². The van der Waals surface area contributed by atoms with Crippen molar-refractivity contribution in [2.24, 2.45) is 5.92 Å². The van der Waals surface area contributed by atoms with E-state index in [1.807, 2.05) is 31.2 Å². The Morgan fingerprint density at radius 1 is 1.26 bits per heavy atom. The highest BCUT2D eigenvalue weighted by Crippen LogP contribution is 2.26. The van der Waals surface area contributed by atoms with E-state index in [0.29, 0.717) is 36.8 Å². The molecule has 0 radical (unpaired) electrons. The van der Waals surface area contributed by atoms with Crippen LogP contribution in [-0.2, 0) is 4.79 Å². The zero-order valence-electron chi connectivity index (χ0n) is 15.1. The molecule has 27 heavy (non-hydrogen) atoms. The Hall–Kier alpha value is -2.73. The first-order valence-corrected chi connectivity index (χ1v) is 9.26. The average Bonchev–Trinajstić information content (AvgIpc) is 3.02. The van der Waals surface area contributed by atoms with Crippen molar-refractivity contribution in [3.8, 4) is 5.75 Å². The number of ether oxygens (including phenoxy) is 1. The van der Waals surface area contributed by atoms with Gasteiger partial charge in [0.25, 0.3) is 0 Å². The first-order chi connectivity index (χ1) is 13.0. The van der Waals surface area contributed by atoms with Crippen molar-refractivity contribution in [2.75, 3.05) is 29.9 Å². The van der Waals surface area contributed by atoms with Crippen molar-refractivity contribution in [1.82, 2.24) is 5.32 Å². The van der Waals surface area contributed by atoms with Crippen LogP contribution in [0.15, 0.2) is 48.5 Å². The van der Waals surface area contributed by atoms with E-state index in [-0.39, 0.29) is 17.9 Å². The van der Waals surface area contributed by atoms with Crippen molar-refractivity contribution in [1.29, 1.82) is 0 Å². The summed E-state index contributed by atoms with van der Waals surface area (Å²) in [5.41, 5.74) is 1.47. The number of benzene rings is 2. The smallest absolute Gasteiger partial charge is 0.319 e. The normalized spacial score (nSPS) is 16.3. The highest BCUT2D eigenvalue weighted by atomic mass is 35.5. The molecule has 2 aromatic rings. The molecule has 0 unspecified atom stereocenters. The number of urea groups is 1. The summed E-state index contributed by atoms with van der Waals surface area (Å²) in [5, 5.41) is 6.11. The molecule has 0 bridgehead atoms. The quantitative estimate of drug-likeness (QED) is 0.789. The van der Waals surface area contributed by atoms with Crippen LogP contribution in [0, 0.1) is 5.92 Å². The Morgan fingerprint density at radius 3 is 2.74 bits per heavy atom. The lowest BCUT2D eigenvalue weighted by molar-refractivity contribution is -0.117. The van der Waals surface area contributed by atoms with Crippen molar-refractivity contribution < 1.29 is 14.3 Å². The first-order valence-electron chi connectivity index (χ1n) is 8.89. The van der Waals surface area contributed by atoms with E-state index in [1.54, 1.807) is 29.2 Å². The van der Waals surface area contributed by atoms with Crippen LogP contribution in [0.25, 0.3) is 0 Å². The van der Waals surface area contributed by atoms with Gasteiger partial charge < -0.3 is 20.3 Å². The van der Waals surface area contributed by atoms with Gasteiger partial charge in [0.05, 0.1) is 6.61 Å². The number of nitrogens with zero attached hydrogens (tertiary/aromatic N) is 1. The van der Waals surface area contributed by atoms with E-state index in [9.17, 15) is 9.59 Å². The molecule has 3 amide bonds. The molecule has 2 N–H and O–H groups in total. The zero-order valence-corrected chi connectivity index (χ0v) is 15.8. The molecule has 7 heteroatoms. The molecule has 0 aromatic heterocycles. The summed E-state index contributed by atoms with van der Waals surface area (Å²) in [6, 6.07) is 14.1. The largest absolute Gasteiger partial charge is 0.494 e. The molecular formula is C20H22ClN3O3. The van der Waals surface area contributed by atoms with Gasteiger partial charge in [0, 0.05) is 41.8 Å². The maximum atomic E-state index is 12.3. The van der Waals surface area contributed by atoms with Gasteiger partial charge in [-0.25, -0.2) is 4.79 Å². The fraction of sp³-hybridized carbons (Fsp3) is 0.300. The lowest BCUT2D eigenvalue weighted by Crippen LogP contribution is -2.34.